The third kappa shape index (κ3) is 4.53. The van der Waals surface area contributed by atoms with E-state index in [-0.39, 0.29) is 25.4 Å². The van der Waals surface area contributed by atoms with E-state index < -0.39 is 16.0 Å². The fourth-order valence-corrected chi connectivity index (χ4v) is 5.70. The van der Waals surface area contributed by atoms with Gasteiger partial charge in [-0.1, -0.05) is 12.1 Å². The minimum atomic E-state index is -3.63. The van der Waals surface area contributed by atoms with Crippen LogP contribution in [0.2, 0.25) is 0 Å². The molecule has 1 amide bonds. The summed E-state index contributed by atoms with van der Waals surface area (Å²) in [4.78, 5) is 23.5. The number of thiophene rings is 1. The van der Waals surface area contributed by atoms with Gasteiger partial charge in [0.05, 0.1) is 18.7 Å². The second kappa shape index (κ2) is 8.74. The summed E-state index contributed by atoms with van der Waals surface area (Å²) in [5.41, 5.74) is 2.01. The summed E-state index contributed by atoms with van der Waals surface area (Å²) in [7, 11) is -3.63. The summed E-state index contributed by atoms with van der Waals surface area (Å²) in [6.07, 6.45) is 1.53. The minimum absolute atomic E-state index is 0.00347. The van der Waals surface area contributed by atoms with E-state index in [1.807, 2.05) is 6.07 Å². The molecule has 9 heteroatoms. The van der Waals surface area contributed by atoms with E-state index in [1.54, 1.807) is 36.6 Å². The molecule has 28 heavy (non-hydrogen) atoms. The smallest absolute Gasteiger partial charge is 0.306 e. The molecule has 1 aliphatic heterocycles. The number of carbonyl (C=O) groups excluding carboxylic acids is 2. The molecule has 0 radical (unpaired) electrons. The number of hydrogen-bond donors (Lipinski definition) is 1. The number of rotatable bonds is 7. The van der Waals surface area contributed by atoms with Gasteiger partial charge in [-0.25, -0.2) is 8.42 Å². The maximum Gasteiger partial charge on any atom is 0.306 e. The largest absolute Gasteiger partial charge is 0.466 e. The molecule has 0 saturated heterocycles. The second-order valence-electron chi connectivity index (χ2n) is 6.31. The number of amides is 1. The zero-order chi connectivity index (χ0) is 20.1. The van der Waals surface area contributed by atoms with Crippen molar-refractivity contribution in [3.8, 4) is 0 Å². The van der Waals surface area contributed by atoms with Crippen LogP contribution in [0.25, 0.3) is 0 Å². The standard InChI is InChI=1S/C19H22N2O5S2/c1-2-26-18(23)10-9-17(22)20-15-8-7-14-5-3-11-21(16(14)13-15)28(24,25)19-6-4-12-27-19/h4,6-8,12-13H,2-3,5,9-11H2,1H3,(H,20,22). The van der Waals surface area contributed by atoms with Gasteiger partial charge in [-0.05, 0) is 48.9 Å². The first-order valence-electron chi connectivity index (χ1n) is 9.06. The number of esters is 1. The van der Waals surface area contributed by atoms with Gasteiger partial charge < -0.3 is 10.1 Å². The number of nitrogens with one attached hydrogen (secondary N) is 1. The Kier molecular flexibility index (Phi) is 6.35. The van der Waals surface area contributed by atoms with Crippen molar-refractivity contribution < 1.29 is 22.7 Å². The number of sulfonamides is 1. The van der Waals surface area contributed by atoms with Gasteiger partial charge in [-0.3, -0.25) is 13.9 Å². The summed E-state index contributed by atoms with van der Waals surface area (Å²) in [6.45, 7) is 2.38. The molecule has 1 aromatic carbocycles. The third-order valence-electron chi connectivity index (χ3n) is 4.35. The van der Waals surface area contributed by atoms with Gasteiger partial charge >= 0.3 is 5.97 Å². The molecule has 1 aromatic heterocycles. The van der Waals surface area contributed by atoms with Gasteiger partial charge in [0, 0.05) is 18.7 Å². The topological polar surface area (TPSA) is 92.8 Å². The van der Waals surface area contributed by atoms with E-state index in [0.29, 0.717) is 22.1 Å². The Bertz CT molecular complexity index is 955. The molecule has 2 aromatic rings. The van der Waals surface area contributed by atoms with Gasteiger partial charge in [0.1, 0.15) is 4.21 Å². The first kappa shape index (κ1) is 20.3. The maximum atomic E-state index is 13.0. The molecule has 1 aliphatic rings. The highest BCUT2D eigenvalue weighted by Gasteiger charge is 2.30. The highest BCUT2D eigenvalue weighted by molar-refractivity contribution is 7.94. The Balaban J connectivity index is 1.77. The highest BCUT2D eigenvalue weighted by atomic mass is 32.2. The lowest BCUT2D eigenvalue weighted by Crippen LogP contribution is -2.35. The number of fused-ring (bicyclic) bond motifs is 1. The number of aryl methyl sites for hydroxylation is 1. The highest BCUT2D eigenvalue weighted by Crippen LogP contribution is 2.35. The van der Waals surface area contributed by atoms with E-state index >= 15 is 0 Å². The number of benzene rings is 1. The number of hydrogen-bond acceptors (Lipinski definition) is 6. The first-order valence-corrected chi connectivity index (χ1v) is 11.4. The average molecular weight is 423 g/mol. The Morgan fingerprint density at radius 1 is 1.25 bits per heavy atom. The molecule has 1 N–H and O–H groups in total. The van der Waals surface area contributed by atoms with Crippen molar-refractivity contribution in [2.75, 3.05) is 22.8 Å². The Hall–Kier alpha value is -2.39. The lowest BCUT2D eigenvalue weighted by Gasteiger charge is -2.30. The van der Waals surface area contributed by atoms with Crippen LogP contribution in [0.15, 0.2) is 39.9 Å². The first-order chi connectivity index (χ1) is 13.4. The van der Waals surface area contributed by atoms with Crippen molar-refractivity contribution >= 4 is 44.6 Å². The van der Waals surface area contributed by atoms with Crippen LogP contribution in [-0.2, 0) is 30.8 Å². The van der Waals surface area contributed by atoms with Crippen molar-refractivity contribution in [3.63, 3.8) is 0 Å². The predicted octanol–water partition coefficient (Wildman–Crippen LogP) is 3.17. The van der Waals surface area contributed by atoms with Crippen LogP contribution < -0.4 is 9.62 Å². The zero-order valence-corrected chi connectivity index (χ0v) is 17.1. The van der Waals surface area contributed by atoms with E-state index in [9.17, 15) is 18.0 Å². The molecule has 0 aliphatic carbocycles. The number of nitrogens with zero attached hydrogens (tertiary/aromatic N) is 1. The number of anilines is 2. The summed E-state index contributed by atoms with van der Waals surface area (Å²) in [5, 5.41) is 4.46. The van der Waals surface area contributed by atoms with E-state index in [2.05, 4.69) is 5.32 Å². The fourth-order valence-electron chi connectivity index (χ4n) is 3.06. The van der Waals surface area contributed by atoms with Gasteiger partial charge in [-0.15, -0.1) is 11.3 Å². The molecular weight excluding hydrogens is 400 g/mol. The van der Waals surface area contributed by atoms with E-state index in [0.717, 1.165) is 18.4 Å². The summed E-state index contributed by atoms with van der Waals surface area (Å²) >= 11 is 1.18. The average Bonchev–Trinajstić information content (AvgIpc) is 3.22. The molecule has 3 rings (SSSR count). The van der Waals surface area contributed by atoms with Gasteiger partial charge in [0.2, 0.25) is 5.91 Å². The lowest BCUT2D eigenvalue weighted by molar-refractivity contribution is -0.144. The lowest BCUT2D eigenvalue weighted by atomic mass is 10.0. The van der Waals surface area contributed by atoms with Crippen LogP contribution in [0.4, 0.5) is 11.4 Å². The Morgan fingerprint density at radius 3 is 2.79 bits per heavy atom. The molecule has 0 saturated carbocycles. The van der Waals surface area contributed by atoms with E-state index in [1.165, 1.54) is 15.6 Å². The van der Waals surface area contributed by atoms with Crippen molar-refractivity contribution in [2.24, 2.45) is 0 Å². The van der Waals surface area contributed by atoms with Crippen molar-refractivity contribution in [1.29, 1.82) is 0 Å². The van der Waals surface area contributed by atoms with Gasteiger partial charge in [0.25, 0.3) is 10.0 Å². The van der Waals surface area contributed by atoms with Crippen LogP contribution in [0.1, 0.15) is 31.7 Å². The molecule has 2 heterocycles. The summed E-state index contributed by atoms with van der Waals surface area (Å²) in [6, 6.07) is 8.58. The van der Waals surface area contributed by atoms with E-state index in [4.69, 9.17) is 4.74 Å². The van der Waals surface area contributed by atoms with Crippen molar-refractivity contribution in [1.82, 2.24) is 0 Å². The third-order valence-corrected chi connectivity index (χ3v) is 7.53. The summed E-state index contributed by atoms with van der Waals surface area (Å²) in [5.74, 6) is -0.743. The quantitative estimate of drug-likeness (QED) is 0.692. The predicted molar refractivity (Wildman–Crippen MR) is 108 cm³/mol. The summed E-state index contributed by atoms with van der Waals surface area (Å²) < 4.78 is 32.5. The number of carbonyl (C=O) groups is 2. The molecule has 0 spiro atoms. The van der Waals surface area contributed by atoms with Crippen LogP contribution in [0.5, 0.6) is 0 Å². The monoisotopic (exact) mass is 422 g/mol. The van der Waals surface area contributed by atoms with Crippen LogP contribution in [0.3, 0.4) is 0 Å². The van der Waals surface area contributed by atoms with Crippen LogP contribution in [-0.4, -0.2) is 33.4 Å². The molecule has 7 nitrogen and oxygen atoms in total. The molecule has 0 fully saturated rings. The normalized spacial score (nSPS) is 13.7. The van der Waals surface area contributed by atoms with Gasteiger partial charge in [-0.2, -0.15) is 0 Å². The fraction of sp³-hybridized carbons (Fsp3) is 0.368. The van der Waals surface area contributed by atoms with Crippen LogP contribution in [0, 0.1) is 0 Å². The minimum Gasteiger partial charge on any atom is -0.466 e. The van der Waals surface area contributed by atoms with Crippen molar-refractivity contribution in [3.05, 3.63) is 41.3 Å². The SMILES string of the molecule is CCOC(=O)CCC(=O)Nc1ccc2c(c1)N(S(=O)(=O)c1cccs1)CCC2. The Morgan fingerprint density at radius 2 is 2.07 bits per heavy atom. The van der Waals surface area contributed by atoms with Crippen molar-refractivity contribution in [2.45, 2.75) is 36.8 Å². The van der Waals surface area contributed by atoms with Gasteiger partial charge in [0.15, 0.2) is 0 Å². The maximum absolute atomic E-state index is 13.0. The van der Waals surface area contributed by atoms with Crippen LogP contribution >= 0.6 is 11.3 Å². The zero-order valence-electron chi connectivity index (χ0n) is 15.5. The number of ether oxygens (including phenoxy) is 1. The molecule has 150 valence electrons. The molecular formula is C19H22N2O5S2. The molecule has 0 bridgehead atoms. The molecule has 0 unspecified atom stereocenters. The Labute approximate surface area is 168 Å². The second-order valence-corrected chi connectivity index (χ2v) is 9.35. The molecule has 0 atom stereocenters.